The van der Waals surface area contributed by atoms with Crippen molar-refractivity contribution < 1.29 is 9.53 Å². The van der Waals surface area contributed by atoms with Gasteiger partial charge in [0.25, 0.3) is 5.56 Å². The van der Waals surface area contributed by atoms with Crippen molar-refractivity contribution >= 4 is 18.4 Å². The van der Waals surface area contributed by atoms with Crippen molar-refractivity contribution in [1.82, 2.24) is 4.98 Å². The maximum Gasteiger partial charge on any atom is 0.344 e. The number of rotatable bonds is 1. The molecule has 0 spiro atoms. The lowest BCUT2D eigenvalue weighted by molar-refractivity contribution is 0.0477. The minimum Gasteiger partial charge on any atom is -0.462 e. The maximum absolute atomic E-state index is 11.9. The first-order valence-corrected chi connectivity index (χ1v) is 5.74. The van der Waals surface area contributed by atoms with Crippen molar-refractivity contribution in [3.05, 3.63) is 57.9 Å². The Morgan fingerprint density at radius 2 is 1.84 bits per heavy atom. The number of esters is 1. The highest BCUT2D eigenvalue weighted by molar-refractivity contribution is 5.92. The molecule has 2 aromatic rings. The highest BCUT2D eigenvalue weighted by atomic mass is 35.5. The number of aromatic nitrogens is 1. The molecule has 1 aliphatic heterocycles. The van der Waals surface area contributed by atoms with Gasteiger partial charge in [-0.25, -0.2) is 4.79 Å². The van der Waals surface area contributed by atoms with Crippen LogP contribution >= 0.6 is 12.4 Å². The average molecular weight is 278 g/mol. The number of aromatic amines is 1. The van der Waals surface area contributed by atoms with E-state index in [2.05, 4.69) is 4.98 Å². The van der Waals surface area contributed by atoms with Gasteiger partial charge in [0.05, 0.1) is 6.61 Å². The molecule has 1 N–H and O–H groups in total. The lowest BCUT2D eigenvalue weighted by atomic mass is 10.0. The van der Waals surface area contributed by atoms with E-state index in [-0.39, 0.29) is 23.5 Å². The second kappa shape index (κ2) is 5.28. The molecule has 0 aliphatic carbocycles. The number of pyridine rings is 1. The number of hydrogen-bond donors (Lipinski definition) is 1. The summed E-state index contributed by atoms with van der Waals surface area (Å²) in [7, 11) is 0. The first-order chi connectivity index (χ1) is 8.75. The van der Waals surface area contributed by atoms with Crippen molar-refractivity contribution in [1.29, 1.82) is 0 Å². The molecule has 19 heavy (non-hydrogen) atoms. The van der Waals surface area contributed by atoms with Crippen LogP contribution in [-0.4, -0.2) is 17.6 Å². The highest BCUT2D eigenvalue weighted by Gasteiger charge is 2.23. The SMILES string of the molecule is Cl.O=C1OCCc2cc(-c3ccccc3)[nH]c(=O)c21. The Labute approximate surface area is 115 Å². The number of hydrogen-bond acceptors (Lipinski definition) is 3. The zero-order valence-electron chi connectivity index (χ0n) is 10.0. The summed E-state index contributed by atoms with van der Waals surface area (Å²) in [6.07, 6.45) is 0.588. The standard InChI is InChI=1S/C14H11NO3.ClH/c16-13-12-10(6-7-18-14(12)17)8-11(15-13)9-4-2-1-3-5-9;/h1-5,8H,6-7H2,(H,15,16);1H. The number of nitrogens with one attached hydrogen (secondary N) is 1. The molecule has 98 valence electrons. The van der Waals surface area contributed by atoms with Gasteiger partial charge in [0.15, 0.2) is 0 Å². The van der Waals surface area contributed by atoms with Gasteiger partial charge in [0, 0.05) is 12.1 Å². The highest BCUT2D eigenvalue weighted by Crippen LogP contribution is 2.20. The molecule has 0 radical (unpaired) electrons. The van der Waals surface area contributed by atoms with Crippen LogP contribution in [0.1, 0.15) is 15.9 Å². The lowest BCUT2D eigenvalue weighted by Gasteiger charge is -2.15. The molecule has 0 bridgehead atoms. The van der Waals surface area contributed by atoms with Gasteiger partial charge < -0.3 is 9.72 Å². The molecule has 0 saturated carbocycles. The number of fused-ring (bicyclic) bond motifs is 1. The van der Waals surface area contributed by atoms with Gasteiger partial charge in [0.2, 0.25) is 0 Å². The Hall–Kier alpha value is -2.07. The predicted octanol–water partition coefficient (Wildman–Crippen LogP) is 2.18. The number of halogens is 1. The number of cyclic esters (lactones) is 1. The van der Waals surface area contributed by atoms with Crippen LogP contribution in [-0.2, 0) is 11.2 Å². The van der Waals surface area contributed by atoms with E-state index in [1.54, 1.807) is 0 Å². The molecule has 1 aromatic carbocycles. The van der Waals surface area contributed by atoms with E-state index >= 15 is 0 Å². The molecule has 5 heteroatoms. The smallest absolute Gasteiger partial charge is 0.344 e. The van der Waals surface area contributed by atoms with Crippen molar-refractivity contribution in [3.63, 3.8) is 0 Å². The van der Waals surface area contributed by atoms with Crippen LogP contribution in [0.15, 0.2) is 41.2 Å². The van der Waals surface area contributed by atoms with Crippen LogP contribution in [0.3, 0.4) is 0 Å². The molecular formula is C14H12ClNO3. The van der Waals surface area contributed by atoms with Crippen molar-refractivity contribution in [3.8, 4) is 11.3 Å². The van der Waals surface area contributed by atoms with E-state index in [0.29, 0.717) is 13.0 Å². The summed E-state index contributed by atoms with van der Waals surface area (Å²) in [6, 6.07) is 11.4. The fraction of sp³-hybridized carbons (Fsp3) is 0.143. The summed E-state index contributed by atoms with van der Waals surface area (Å²) < 4.78 is 4.87. The van der Waals surface area contributed by atoms with Crippen molar-refractivity contribution in [2.45, 2.75) is 6.42 Å². The first-order valence-electron chi connectivity index (χ1n) is 5.74. The second-order valence-electron chi connectivity index (χ2n) is 4.16. The molecular weight excluding hydrogens is 266 g/mol. The third kappa shape index (κ3) is 2.39. The van der Waals surface area contributed by atoms with Gasteiger partial charge in [-0.2, -0.15) is 0 Å². The fourth-order valence-electron chi connectivity index (χ4n) is 2.13. The van der Waals surface area contributed by atoms with E-state index in [0.717, 1.165) is 16.8 Å². The second-order valence-corrected chi connectivity index (χ2v) is 4.16. The zero-order chi connectivity index (χ0) is 12.5. The first kappa shape index (κ1) is 13.4. The summed E-state index contributed by atoms with van der Waals surface area (Å²) in [4.78, 5) is 26.1. The van der Waals surface area contributed by atoms with Crippen LogP contribution < -0.4 is 5.56 Å². The van der Waals surface area contributed by atoms with Gasteiger partial charge >= 0.3 is 5.97 Å². The lowest BCUT2D eigenvalue weighted by Crippen LogP contribution is -2.27. The average Bonchev–Trinajstić information content (AvgIpc) is 2.39. The van der Waals surface area contributed by atoms with Gasteiger partial charge in [-0.3, -0.25) is 4.79 Å². The molecule has 1 aliphatic rings. The molecule has 0 atom stereocenters. The van der Waals surface area contributed by atoms with Crippen LogP contribution in [0, 0.1) is 0 Å². The van der Waals surface area contributed by atoms with E-state index in [9.17, 15) is 9.59 Å². The Morgan fingerprint density at radius 3 is 2.58 bits per heavy atom. The van der Waals surface area contributed by atoms with Crippen LogP contribution in [0.4, 0.5) is 0 Å². The molecule has 1 aromatic heterocycles. The summed E-state index contributed by atoms with van der Waals surface area (Å²) in [5.41, 5.74) is 2.18. The number of ether oxygens (including phenoxy) is 1. The van der Waals surface area contributed by atoms with Crippen molar-refractivity contribution in [2.75, 3.05) is 6.61 Å². The van der Waals surface area contributed by atoms with Gasteiger partial charge in [0.1, 0.15) is 5.56 Å². The quantitative estimate of drug-likeness (QED) is 0.813. The summed E-state index contributed by atoms with van der Waals surface area (Å²) in [6.45, 7) is 0.337. The fourth-order valence-corrected chi connectivity index (χ4v) is 2.13. The molecule has 3 rings (SSSR count). The summed E-state index contributed by atoms with van der Waals surface area (Å²) in [5.74, 6) is -0.530. The minimum absolute atomic E-state index is 0. The Balaban J connectivity index is 0.00000133. The predicted molar refractivity (Wildman–Crippen MR) is 73.7 cm³/mol. The molecule has 2 heterocycles. The Bertz CT molecular complexity index is 664. The van der Waals surface area contributed by atoms with Crippen LogP contribution in [0.2, 0.25) is 0 Å². The normalized spacial score (nSPS) is 13.2. The maximum atomic E-state index is 11.9. The van der Waals surface area contributed by atoms with Gasteiger partial charge in [-0.15, -0.1) is 12.4 Å². The Kier molecular flexibility index (Phi) is 3.71. The Morgan fingerprint density at radius 1 is 1.11 bits per heavy atom. The summed E-state index contributed by atoms with van der Waals surface area (Å²) in [5, 5.41) is 0. The number of carbonyl (C=O) groups excluding carboxylic acids is 1. The van der Waals surface area contributed by atoms with E-state index in [1.807, 2.05) is 36.4 Å². The van der Waals surface area contributed by atoms with Gasteiger partial charge in [-0.1, -0.05) is 30.3 Å². The minimum atomic E-state index is -0.530. The zero-order valence-corrected chi connectivity index (χ0v) is 10.8. The summed E-state index contributed by atoms with van der Waals surface area (Å²) >= 11 is 0. The number of H-pyrrole nitrogens is 1. The number of carbonyl (C=O) groups is 1. The third-order valence-corrected chi connectivity index (χ3v) is 3.01. The third-order valence-electron chi connectivity index (χ3n) is 3.01. The van der Waals surface area contributed by atoms with E-state index in [1.165, 1.54) is 0 Å². The monoisotopic (exact) mass is 277 g/mol. The molecule has 4 nitrogen and oxygen atoms in total. The topological polar surface area (TPSA) is 59.2 Å². The molecule has 0 unspecified atom stereocenters. The molecule has 0 amide bonds. The number of benzene rings is 1. The molecule has 0 fully saturated rings. The molecule has 0 saturated heterocycles. The van der Waals surface area contributed by atoms with Crippen LogP contribution in [0.25, 0.3) is 11.3 Å². The van der Waals surface area contributed by atoms with Crippen molar-refractivity contribution in [2.24, 2.45) is 0 Å². The van der Waals surface area contributed by atoms with Gasteiger partial charge in [-0.05, 0) is 17.2 Å². The largest absolute Gasteiger partial charge is 0.462 e. The van der Waals surface area contributed by atoms with E-state index < -0.39 is 5.97 Å². The van der Waals surface area contributed by atoms with E-state index in [4.69, 9.17) is 4.74 Å². The van der Waals surface area contributed by atoms with Crippen LogP contribution in [0.5, 0.6) is 0 Å².